The van der Waals surface area contributed by atoms with Crippen molar-refractivity contribution in [3.63, 3.8) is 0 Å². The Balaban J connectivity index is 2.81. The monoisotopic (exact) mass is 370 g/mol. The molecule has 8 nitrogen and oxygen atoms in total. The van der Waals surface area contributed by atoms with Gasteiger partial charge in [-0.05, 0) is 25.3 Å². The van der Waals surface area contributed by atoms with Gasteiger partial charge in [-0.3, -0.25) is 9.59 Å². The van der Waals surface area contributed by atoms with Crippen LogP contribution in [0.3, 0.4) is 0 Å². The van der Waals surface area contributed by atoms with Crippen molar-refractivity contribution in [1.82, 2.24) is 10.6 Å². The smallest absolute Gasteiger partial charge is 0.340 e. The fraction of sp³-hybridized carbons (Fsp3) is 0.500. The summed E-state index contributed by atoms with van der Waals surface area (Å²) in [6.07, 6.45) is -0.130. The molecule has 0 saturated heterocycles. The van der Waals surface area contributed by atoms with Gasteiger partial charge in [0, 0.05) is 11.8 Å². The van der Waals surface area contributed by atoms with E-state index in [9.17, 15) is 19.2 Å². The lowest BCUT2D eigenvalue weighted by atomic mass is 10.1. The Bertz CT molecular complexity index is 584. The number of amides is 2. The van der Waals surface area contributed by atoms with Gasteiger partial charge in [-0.2, -0.15) is 0 Å². The zero-order valence-electron chi connectivity index (χ0n) is 14.4. The van der Waals surface area contributed by atoms with E-state index in [-0.39, 0.29) is 25.5 Å². The molecule has 2 N–H and O–H groups in total. The number of carbonyl (C=O) groups is 4. The summed E-state index contributed by atoms with van der Waals surface area (Å²) >= 11 is 1.38. The van der Waals surface area contributed by atoms with E-state index < -0.39 is 29.9 Å². The molecule has 0 aliphatic carbocycles. The van der Waals surface area contributed by atoms with Crippen molar-refractivity contribution >= 4 is 35.1 Å². The maximum atomic E-state index is 12.3. The average molecular weight is 370 g/mol. The summed E-state index contributed by atoms with van der Waals surface area (Å²) in [6.45, 7) is 4.65. The zero-order chi connectivity index (χ0) is 18.8. The Morgan fingerprint density at radius 1 is 1.08 bits per heavy atom. The van der Waals surface area contributed by atoms with Crippen molar-refractivity contribution in [3.8, 4) is 0 Å². The third kappa shape index (κ3) is 6.92. The molecule has 0 aliphatic rings. The van der Waals surface area contributed by atoms with E-state index in [1.165, 1.54) is 18.3 Å². The van der Waals surface area contributed by atoms with Gasteiger partial charge in [0.25, 0.3) is 0 Å². The van der Waals surface area contributed by atoms with E-state index in [0.29, 0.717) is 0 Å². The predicted molar refractivity (Wildman–Crippen MR) is 90.7 cm³/mol. The molecular weight excluding hydrogens is 348 g/mol. The number of thiophene rings is 1. The second-order valence-electron chi connectivity index (χ2n) is 4.98. The summed E-state index contributed by atoms with van der Waals surface area (Å²) in [5, 5.41) is 6.81. The Morgan fingerprint density at radius 2 is 1.68 bits per heavy atom. The van der Waals surface area contributed by atoms with Crippen molar-refractivity contribution in [3.05, 3.63) is 22.4 Å². The highest BCUT2D eigenvalue weighted by atomic mass is 32.1. The molecule has 1 unspecified atom stereocenters. The molecule has 9 heteroatoms. The largest absolute Gasteiger partial charge is 0.464 e. The molecule has 1 aromatic heterocycles. The van der Waals surface area contributed by atoms with E-state index in [4.69, 9.17) is 9.47 Å². The lowest BCUT2D eigenvalue weighted by Gasteiger charge is -2.19. The molecule has 1 atom stereocenters. The van der Waals surface area contributed by atoms with Gasteiger partial charge in [-0.1, -0.05) is 6.07 Å². The van der Waals surface area contributed by atoms with Crippen LogP contribution in [0.25, 0.3) is 0 Å². The van der Waals surface area contributed by atoms with E-state index in [1.807, 2.05) is 5.38 Å². The Labute approximate surface area is 149 Å². The molecule has 138 valence electrons. The SMILES string of the molecule is CCOC(=O)C(NC(=O)CC(NC(C)=O)c1cccs1)C(=O)OCC. The number of hydrogen-bond donors (Lipinski definition) is 2. The first-order valence-electron chi connectivity index (χ1n) is 7.82. The Morgan fingerprint density at radius 3 is 2.12 bits per heavy atom. The maximum Gasteiger partial charge on any atom is 0.340 e. The van der Waals surface area contributed by atoms with Crippen LogP contribution in [0.2, 0.25) is 0 Å². The van der Waals surface area contributed by atoms with Crippen LogP contribution in [-0.4, -0.2) is 43.0 Å². The number of esters is 2. The normalized spacial score (nSPS) is 11.5. The topological polar surface area (TPSA) is 111 Å². The van der Waals surface area contributed by atoms with Crippen LogP contribution in [0.5, 0.6) is 0 Å². The minimum Gasteiger partial charge on any atom is -0.464 e. The fourth-order valence-electron chi connectivity index (χ4n) is 2.03. The number of nitrogens with one attached hydrogen (secondary N) is 2. The minimum absolute atomic E-state index is 0.0638. The number of carbonyl (C=O) groups excluding carboxylic acids is 4. The fourth-order valence-corrected chi connectivity index (χ4v) is 2.81. The molecule has 0 aromatic carbocycles. The van der Waals surface area contributed by atoms with Crippen molar-refractivity contribution in [1.29, 1.82) is 0 Å². The maximum absolute atomic E-state index is 12.3. The molecule has 0 bridgehead atoms. The predicted octanol–water partition coefficient (Wildman–Crippen LogP) is 0.926. The molecule has 0 fully saturated rings. The average Bonchev–Trinajstić information content (AvgIpc) is 3.06. The minimum atomic E-state index is -1.53. The molecule has 0 spiro atoms. The van der Waals surface area contributed by atoms with E-state index in [0.717, 1.165) is 4.88 Å². The number of ether oxygens (including phenoxy) is 2. The number of hydrogen-bond acceptors (Lipinski definition) is 7. The van der Waals surface area contributed by atoms with Crippen molar-refractivity contribution in [2.45, 2.75) is 39.3 Å². The van der Waals surface area contributed by atoms with Crippen LogP contribution in [0.1, 0.15) is 38.1 Å². The molecule has 2 amide bonds. The van der Waals surface area contributed by atoms with Crippen LogP contribution in [-0.2, 0) is 28.7 Å². The summed E-state index contributed by atoms with van der Waals surface area (Å²) in [7, 11) is 0. The first-order valence-corrected chi connectivity index (χ1v) is 8.70. The summed E-state index contributed by atoms with van der Waals surface area (Å²) in [5.41, 5.74) is 0. The van der Waals surface area contributed by atoms with Crippen LogP contribution in [0.4, 0.5) is 0 Å². The molecule has 1 rings (SSSR count). The summed E-state index contributed by atoms with van der Waals surface area (Å²) in [4.78, 5) is 48.2. The van der Waals surface area contributed by atoms with Gasteiger partial charge in [-0.15, -0.1) is 11.3 Å². The lowest BCUT2D eigenvalue weighted by molar-refractivity contribution is -0.159. The summed E-state index contributed by atoms with van der Waals surface area (Å²) in [5.74, 6) is -2.65. The lowest BCUT2D eigenvalue weighted by Crippen LogP contribution is -2.49. The molecule has 0 aliphatic heterocycles. The van der Waals surface area contributed by atoms with Gasteiger partial charge < -0.3 is 20.1 Å². The summed E-state index contributed by atoms with van der Waals surface area (Å²) in [6, 6.07) is 1.50. The van der Waals surface area contributed by atoms with Crippen LogP contribution in [0.15, 0.2) is 17.5 Å². The van der Waals surface area contributed by atoms with E-state index in [2.05, 4.69) is 10.6 Å². The van der Waals surface area contributed by atoms with E-state index in [1.54, 1.807) is 26.0 Å². The van der Waals surface area contributed by atoms with E-state index >= 15 is 0 Å². The van der Waals surface area contributed by atoms with Crippen LogP contribution < -0.4 is 10.6 Å². The van der Waals surface area contributed by atoms with Gasteiger partial charge in [-0.25, -0.2) is 9.59 Å². The molecule has 0 radical (unpaired) electrons. The highest BCUT2D eigenvalue weighted by Gasteiger charge is 2.32. The zero-order valence-corrected chi connectivity index (χ0v) is 15.2. The Kier molecular flexibility index (Phi) is 8.62. The molecule has 1 aromatic rings. The van der Waals surface area contributed by atoms with Gasteiger partial charge in [0.15, 0.2) is 0 Å². The Hall–Kier alpha value is -2.42. The van der Waals surface area contributed by atoms with Gasteiger partial charge in [0.2, 0.25) is 17.9 Å². The van der Waals surface area contributed by atoms with Crippen molar-refractivity contribution in [2.24, 2.45) is 0 Å². The summed E-state index contributed by atoms with van der Waals surface area (Å²) < 4.78 is 9.58. The standard InChI is InChI=1S/C16H22N2O6S/c1-4-23-15(21)14(16(22)24-5-2)18-13(20)9-11(17-10(3)19)12-7-6-8-25-12/h6-8,11,14H,4-5,9H2,1-3H3,(H,17,19)(H,18,20). The third-order valence-corrected chi connectivity index (χ3v) is 3.99. The molecule has 1 heterocycles. The second kappa shape index (κ2) is 10.4. The first kappa shape index (κ1) is 20.6. The highest BCUT2D eigenvalue weighted by Crippen LogP contribution is 2.22. The van der Waals surface area contributed by atoms with Gasteiger partial charge in [0.1, 0.15) is 0 Å². The third-order valence-electron chi connectivity index (χ3n) is 3.00. The highest BCUT2D eigenvalue weighted by molar-refractivity contribution is 7.10. The van der Waals surface area contributed by atoms with Gasteiger partial charge >= 0.3 is 11.9 Å². The van der Waals surface area contributed by atoms with Crippen molar-refractivity contribution < 1.29 is 28.7 Å². The molecular formula is C16H22N2O6S. The number of rotatable bonds is 9. The molecule has 0 saturated carbocycles. The van der Waals surface area contributed by atoms with Crippen LogP contribution >= 0.6 is 11.3 Å². The second-order valence-corrected chi connectivity index (χ2v) is 5.96. The van der Waals surface area contributed by atoms with Crippen LogP contribution in [0, 0.1) is 0 Å². The quantitative estimate of drug-likeness (QED) is 0.494. The first-order chi connectivity index (χ1) is 11.9. The van der Waals surface area contributed by atoms with Gasteiger partial charge in [0.05, 0.1) is 25.7 Å². The molecule has 25 heavy (non-hydrogen) atoms. The van der Waals surface area contributed by atoms with Crippen molar-refractivity contribution in [2.75, 3.05) is 13.2 Å².